The molecule has 0 bridgehead atoms. The molecule has 0 spiro atoms. The number of rotatable bonds is 3. The number of hydrogen-bond acceptors (Lipinski definition) is 4. The van der Waals surface area contributed by atoms with Crippen LogP contribution in [0.1, 0.15) is 0 Å². The van der Waals surface area contributed by atoms with Crippen LogP contribution in [-0.2, 0) is 12.8 Å². The lowest BCUT2D eigenvalue weighted by atomic mass is 11.7. The maximum atomic E-state index is 4.43. The summed E-state index contributed by atoms with van der Waals surface area (Å²) in [5.41, 5.74) is 0. The molecule has 0 aliphatic rings. The summed E-state index contributed by atoms with van der Waals surface area (Å²) in [5, 5.41) is 0.862. The van der Waals surface area contributed by atoms with Gasteiger partial charge in [0.15, 0.2) is 0 Å². The lowest BCUT2D eigenvalue weighted by Crippen LogP contribution is -2.16. The van der Waals surface area contributed by atoms with Crippen molar-refractivity contribution < 1.29 is 12.8 Å². The fourth-order valence-electron chi connectivity index (χ4n) is 0.131. The molecule has 0 atom stereocenters. The van der Waals surface area contributed by atoms with Gasteiger partial charge in [0.05, 0.1) is 19.6 Å². The van der Waals surface area contributed by atoms with Crippen LogP contribution in [0.15, 0.2) is 0 Å². The first-order valence-electron chi connectivity index (χ1n) is 1.52. The van der Waals surface area contributed by atoms with Gasteiger partial charge in [0.1, 0.15) is 23.0 Å². The Morgan fingerprint density at radius 3 is 1.71 bits per heavy atom. The van der Waals surface area contributed by atoms with Crippen molar-refractivity contribution in [2.24, 2.45) is 0 Å². The van der Waals surface area contributed by atoms with Gasteiger partial charge in [-0.2, -0.15) is 3.17 Å². The maximum Gasteiger partial charge on any atom is 0.143 e. The van der Waals surface area contributed by atoms with E-state index in [2.05, 4.69) is 12.8 Å². The zero-order valence-electron chi connectivity index (χ0n) is 4.05. The van der Waals surface area contributed by atoms with Gasteiger partial charge in [0.25, 0.3) is 0 Å². The van der Waals surface area contributed by atoms with Crippen LogP contribution in [0.5, 0.6) is 0 Å². The quantitative estimate of drug-likeness (QED) is 0.516. The Kier molecular flexibility index (Phi) is 5.11. The smallest absolute Gasteiger partial charge is 0.143 e. The van der Waals surface area contributed by atoms with Crippen LogP contribution in [0.2, 0.25) is 0 Å². The monoisotopic (exact) mass is 219 g/mol. The first-order chi connectivity index (χ1) is 3.35. The Balaban J connectivity index is 2.99. The summed E-state index contributed by atoms with van der Waals surface area (Å²) in [6.45, 7) is 0. The largest absolute Gasteiger partial charge is 0.253 e. The molecule has 44 valence electrons. The highest BCUT2D eigenvalue weighted by atomic mass is 127. The fourth-order valence-corrected chi connectivity index (χ4v) is 0.453. The van der Waals surface area contributed by atoms with Gasteiger partial charge in [-0.25, -0.2) is 0 Å². The molecule has 0 unspecified atom stereocenters. The molecular formula is C2H6INO3. The zero-order valence-corrected chi connectivity index (χ0v) is 6.21. The number of nitrogens with zero attached hydrogens (tertiary/aromatic N) is 1. The van der Waals surface area contributed by atoms with E-state index < -0.39 is 0 Å². The second kappa shape index (κ2) is 4.72. The average molecular weight is 219 g/mol. The average Bonchev–Trinajstić information content (AvgIpc) is 1.72. The summed E-state index contributed by atoms with van der Waals surface area (Å²) >= 11 is 1.63. The molecule has 0 aromatic carbocycles. The summed E-state index contributed by atoms with van der Waals surface area (Å²) in [5.74, 6) is 0. The van der Waals surface area contributed by atoms with E-state index >= 15 is 0 Å². The molecule has 0 radical (unpaired) electrons. The van der Waals surface area contributed by atoms with Crippen LogP contribution in [0, 0.1) is 0 Å². The van der Waals surface area contributed by atoms with Crippen molar-refractivity contribution >= 4 is 23.0 Å². The van der Waals surface area contributed by atoms with Gasteiger partial charge < -0.3 is 0 Å². The molecule has 0 amide bonds. The second-order valence-corrected chi connectivity index (χ2v) is 1.05. The summed E-state index contributed by atoms with van der Waals surface area (Å²) < 4.78 is 4.41. The Bertz CT molecular complexity index is 34.4. The maximum absolute atomic E-state index is 4.43. The lowest BCUT2D eigenvalue weighted by Gasteiger charge is -2.08. The summed E-state index contributed by atoms with van der Waals surface area (Å²) in [7, 11) is 2.87. The molecule has 0 aromatic rings. The van der Waals surface area contributed by atoms with Crippen molar-refractivity contribution in [2.45, 2.75) is 0 Å². The van der Waals surface area contributed by atoms with E-state index in [0.717, 1.165) is 5.39 Å². The minimum atomic E-state index is 0.862. The van der Waals surface area contributed by atoms with E-state index in [1.165, 1.54) is 14.2 Å². The summed E-state index contributed by atoms with van der Waals surface area (Å²) in [6.07, 6.45) is 0. The third-order valence-electron chi connectivity index (χ3n) is 0.354. The van der Waals surface area contributed by atoms with Crippen molar-refractivity contribution in [1.29, 1.82) is 0 Å². The second-order valence-electron chi connectivity index (χ2n) is 0.658. The highest BCUT2D eigenvalue weighted by molar-refractivity contribution is 14.1. The lowest BCUT2D eigenvalue weighted by molar-refractivity contribution is -0.459. The normalized spacial score (nSPS) is 10.3. The first kappa shape index (κ1) is 7.57. The van der Waals surface area contributed by atoms with Crippen molar-refractivity contribution in [1.82, 2.24) is 5.39 Å². The van der Waals surface area contributed by atoms with E-state index in [0.29, 0.717) is 0 Å². The first-order valence-corrected chi connectivity index (χ1v) is 2.40. The SMILES string of the molecule is CON(OC)OI. The molecule has 0 saturated heterocycles. The topological polar surface area (TPSA) is 30.9 Å². The Labute approximate surface area is 55.9 Å². The zero-order chi connectivity index (χ0) is 5.70. The highest BCUT2D eigenvalue weighted by Gasteiger charge is 1.94. The Morgan fingerprint density at radius 1 is 1.29 bits per heavy atom. The molecule has 0 aliphatic heterocycles. The van der Waals surface area contributed by atoms with E-state index in [-0.39, 0.29) is 0 Å². The molecular weight excluding hydrogens is 213 g/mol. The predicted molar refractivity (Wildman–Crippen MR) is 31.0 cm³/mol. The standard InChI is InChI=1S/C2H6INO3/c1-5-4(6-2)7-3/h1-2H3. The molecule has 0 fully saturated rings. The Hall–Kier alpha value is 0.570. The van der Waals surface area contributed by atoms with Crippen LogP contribution in [0.25, 0.3) is 0 Å². The van der Waals surface area contributed by atoms with Gasteiger partial charge in [0.2, 0.25) is 0 Å². The van der Waals surface area contributed by atoms with E-state index in [9.17, 15) is 0 Å². The van der Waals surface area contributed by atoms with Gasteiger partial charge >= 0.3 is 0 Å². The molecule has 0 aromatic heterocycles. The van der Waals surface area contributed by atoms with Gasteiger partial charge in [-0.05, 0) is 0 Å². The van der Waals surface area contributed by atoms with E-state index in [4.69, 9.17) is 0 Å². The van der Waals surface area contributed by atoms with Crippen LogP contribution in [0.3, 0.4) is 0 Å². The third-order valence-corrected chi connectivity index (χ3v) is 0.676. The number of hydrogen-bond donors (Lipinski definition) is 0. The number of halogens is 1. The minimum Gasteiger partial charge on any atom is -0.253 e. The Morgan fingerprint density at radius 2 is 1.71 bits per heavy atom. The van der Waals surface area contributed by atoms with E-state index in [1.54, 1.807) is 23.0 Å². The van der Waals surface area contributed by atoms with Crippen LogP contribution >= 0.6 is 23.0 Å². The van der Waals surface area contributed by atoms with Crippen LogP contribution in [-0.4, -0.2) is 19.6 Å². The van der Waals surface area contributed by atoms with Gasteiger partial charge in [-0.1, -0.05) is 0 Å². The van der Waals surface area contributed by atoms with Crippen LogP contribution < -0.4 is 0 Å². The fraction of sp³-hybridized carbons (Fsp3) is 1.00. The molecule has 0 aliphatic carbocycles. The molecule has 0 rings (SSSR count). The minimum absolute atomic E-state index is 0.862. The van der Waals surface area contributed by atoms with Gasteiger partial charge in [-0.3, -0.25) is 9.68 Å². The van der Waals surface area contributed by atoms with Gasteiger partial charge in [-0.15, -0.1) is 0 Å². The summed E-state index contributed by atoms with van der Waals surface area (Å²) in [4.78, 5) is 8.86. The molecule has 0 saturated carbocycles. The predicted octanol–water partition coefficient (Wildman–Crippen LogP) is 0.693. The van der Waals surface area contributed by atoms with Crippen molar-refractivity contribution in [3.63, 3.8) is 0 Å². The van der Waals surface area contributed by atoms with Crippen molar-refractivity contribution in [2.75, 3.05) is 14.2 Å². The van der Waals surface area contributed by atoms with E-state index in [1.807, 2.05) is 0 Å². The highest BCUT2D eigenvalue weighted by Crippen LogP contribution is 1.94. The summed E-state index contributed by atoms with van der Waals surface area (Å²) in [6, 6.07) is 0. The third kappa shape index (κ3) is 3.18. The van der Waals surface area contributed by atoms with Crippen molar-refractivity contribution in [3.8, 4) is 0 Å². The van der Waals surface area contributed by atoms with Gasteiger partial charge in [0, 0.05) is 0 Å². The molecule has 0 N–H and O–H groups in total. The molecule has 4 nitrogen and oxygen atoms in total. The van der Waals surface area contributed by atoms with Crippen molar-refractivity contribution in [3.05, 3.63) is 0 Å². The molecule has 5 heteroatoms. The molecule has 0 heterocycles. The molecule has 7 heavy (non-hydrogen) atoms. The van der Waals surface area contributed by atoms with Crippen LogP contribution in [0.4, 0.5) is 0 Å².